The van der Waals surface area contributed by atoms with Gasteiger partial charge >= 0.3 is 0 Å². The van der Waals surface area contributed by atoms with E-state index in [2.05, 4.69) is 9.59 Å². The van der Waals surface area contributed by atoms with Crippen LogP contribution in [0.5, 0.6) is 0 Å². The highest BCUT2D eigenvalue weighted by Crippen LogP contribution is 2.12. The molecule has 0 aliphatic rings. The van der Waals surface area contributed by atoms with E-state index < -0.39 is 0 Å². The molecule has 0 fully saturated rings. The highest BCUT2D eigenvalue weighted by atomic mass is 32.1. The van der Waals surface area contributed by atoms with E-state index in [0.717, 1.165) is 17.1 Å². The maximum Gasteiger partial charge on any atom is 0.206 e. The highest BCUT2D eigenvalue weighted by Gasteiger charge is 2.10. The van der Waals surface area contributed by atoms with Crippen molar-refractivity contribution in [1.82, 2.24) is 9.59 Å². The second-order valence-electron chi connectivity index (χ2n) is 2.98. The number of aryl methyl sites for hydroxylation is 1. The number of aromatic nitrogens is 2. The number of nitrogens with zero attached hydrogens (tertiary/aromatic N) is 2. The smallest absolute Gasteiger partial charge is 0.206 e. The number of hydrogen-bond donors (Lipinski definition) is 0. The Hall–Kier alpha value is -1.55. The van der Waals surface area contributed by atoms with E-state index in [1.165, 1.54) is 6.20 Å². The molecule has 2 aromatic rings. The van der Waals surface area contributed by atoms with Gasteiger partial charge in [-0.2, -0.15) is 0 Å². The van der Waals surface area contributed by atoms with Crippen molar-refractivity contribution in [1.29, 1.82) is 0 Å². The average molecular weight is 204 g/mol. The fraction of sp³-hybridized carbons (Fsp3) is 0.100. The van der Waals surface area contributed by atoms with Gasteiger partial charge in [0.1, 0.15) is 4.88 Å². The van der Waals surface area contributed by atoms with Crippen LogP contribution in [0.4, 0.5) is 0 Å². The molecular formula is C10H8N2OS. The monoisotopic (exact) mass is 204 g/mol. The van der Waals surface area contributed by atoms with Crippen LogP contribution >= 0.6 is 11.5 Å². The number of carbonyl (C=O) groups excluding carboxylic acids is 1. The summed E-state index contributed by atoms with van der Waals surface area (Å²) in [6.07, 6.45) is 1.49. The molecule has 14 heavy (non-hydrogen) atoms. The van der Waals surface area contributed by atoms with Crippen LogP contribution in [0.2, 0.25) is 0 Å². The largest absolute Gasteiger partial charge is 0.288 e. The molecule has 0 N–H and O–H groups in total. The van der Waals surface area contributed by atoms with E-state index in [1.54, 1.807) is 0 Å². The van der Waals surface area contributed by atoms with Crippen molar-refractivity contribution in [2.75, 3.05) is 0 Å². The Labute approximate surface area is 85.6 Å². The molecule has 2 rings (SSSR count). The van der Waals surface area contributed by atoms with E-state index in [4.69, 9.17) is 0 Å². The van der Waals surface area contributed by atoms with Crippen molar-refractivity contribution in [2.45, 2.75) is 6.92 Å². The van der Waals surface area contributed by atoms with Crippen molar-refractivity contribution >= 4 is 17.3 Å². The van der Waals surface area contributed by atoms with Gasteiger partial charge in [0.15, 0.2) is 0 Å². The Balaban J connectivity index is 2.33. The van der Waals surface area contributed by atoms with Crippen LogP contribution in [0.1, 0.15) is 20.8 Å². The summed E-state index contributed by atoms with van der Waals surface area (Å²) in [6, 6.07) is 7.47. The van der Waals surface area contributed by atoms with Gasteiger partial charge in [0.05, 0.1) is 6.20 Å². The third-order valence-corrected chi connectivity index (χ3v) is 2.56. The molecule has 1 heterocycles. The lowest BCUT2D eigenvalue weighted by Gasteiger charge is -1.97. The zero-order valence-corrected chi connectivity index (χ0v) is 8.41. The molecule has 3 nitrogen and oxygen atoms in total. The Kier molecular flexibility index (Phi) is 2.37. The predicted molar refractivity (Wildman–Crippen MR) is 54.5 cm³/mol. The molecule has 0 radical (unpaired) electrons. The number of benzene rings is 1. The summed E-state index contributed by atoms with van der Waals surface area (Å²) in [5, 5.41) is 3.63. The second-order valence-corrected chi connectivity index (χ2v) is 3.76. The Morgan fingerprint density at radius 3 is 2.57 bits per heavy atom. The lowest BCUT2D eigenvalue weighted by atomic mass is 10.1. The SMILES string of the molecule is Cc1ccc(C(=O)c2cnns2)cc1. The fourth-order valence-corrected chi connectivity index (χ4v) is 1.59. The van der Waals surface area contributed by atoms with Gasteiger partial charge in [-0.15, -0.1) is 5.10 Å². The minimum absolute atomic E-state index is 0.0139. The van der Waals surface area contributed by atoms with E-state index in [9.17, 15) is 4.79 Å². The summed E-state index contributed by atoms with van der Waals surface area (Å²) in [5.41, 5.74) is 1.82. The van der Waals surface area contributed by atoms with Gasteiger partial charge in [-0.25, -0.2) is 0 Å². The standard InChI is InChI=1S/C10H8N2OS/c1-7-2-4-8(5-3-7)10(13)9-6-11-12-14-9/h2-6H,1H3. The van der Waals surface area contributed by atoms with Gasteiger partial charge in [-0.05, 0) is 18.5 Å². The molecule has 1 aromatic heterocycles. The molecule has 4 heteroatoms. The van der Waals surface area contributed by atoms with Gasteiger partial charge in [-0.1, -0.05) is 34.3 Å². The van der Waals surface area contributed by atoms with Crippen LogP contribution in [-0.4, -0.2) is 15.4 Å². The third-order valence-electron chi connectivity index (χ3n) is 1.90. The molecule has 1 aromatic carbocycles. The summed E-state index contributed by atoms with van der Waals surface area (Å²) >= 11 is 1.12. The number of rotatable bonds is 2. The topological polar surface area (TPSA) is 42.9 Å². The van der Waals surface area contributed by atoms with E-state index in [1.807, 2.05) is 31.2 Å². The summed E-state index contributed by atoms with van der Waals surface area (Å²) < 4.78 is 3.66. The number of hydrogen-bond acceptors (Lipinski definition) is 4. The second kappa shape index (κ2) is 3.67. The number of ketones is 1. The molecule has 0 amide bonds. The lowest BCUT2D eigenvalue weighted by molar-refractivity contribution is 0.104. The maximum absolute atomic E-state index is 11.7. The van der Waals surface area contributed by atoms with E-state index >= 15 is 0 Å². The normalized spacial score (nSPS) is 10.1. The zero-order chi connectivity index (χ0) is 9.97. The Morgan fingerprint density at radius 2 is 2.00 bits per heavy atom. The zero-order valence-electron chi connectivity index (χ0n) is 7.60. The van der Waals surface area contributed by atoms with Crippen LogP contribution in [0.25, 0.3) is 0 Å². The third kappa shape index (κ3) is 1.70. The van der Waals surface area contributed by atoms with Crippen molar-refractivity contribution in [3.8, 4) is 0 Å². The Morgan fingerprint density at radius 1 is 1.29 bits per heavy atom. The highest BCUT2D eigenvalue weighted by molar-refractivity contribution is 7.08. The molecule has 70 valence electrons. The first-order valence-electron chi connectivity index (χ1n) is 4.16. The van der Waals surface area contributed by atoms with Crippen LogP contribution in [0.3, 0.4) is 0 Å². The maximum atomic E-state index is 11.7. The van der Waals surface area contributed by atoms with E-state index in [-0.39, 0.29) is 5.78 Å². The average Bonchev–Trinajstić information content (AvgIpc) is 2.71. The molecule has 0 aliphatic carbocycles. The molecule has 0 aliphatic heterocycles. The number of carbonyl (C=O) groups is 1. The molecule has 0 unspecified atom stereocenters. The summed E-state index contributed by atoms with van der Waals surface area (Å²) in [6.45, 7) is 1.99. The van der Waals surface area contributed by atoms with Crippen molar-refractivity contribution in [2.24, 2.45) is 0 Å². The van der Waals surface area contributed by atoms with Crippen LogP contribution < -0.4 is 0 Å². The molecule has 0 saturated carbocycles. The van der Waals surface area contributed by atoms with Crippen molar-refractivity contribution in [3.63, 3.8) is 0 Å². The molecular weight excluding hydrogens is 196 g/mol. The van der Waals surface area contributed by atoms with Crippen molar-refractivity contribution in [3.05, 3.63) is 46.5 Å². The van der Waals surface area contributed by atoms with E-state index in [0.29, 0.717) is 10.4 Å². The molecule has 0 spiro atoms. The summed E-state index contributed by atoms with van der Waals surface area (Å²) in [5.74, 6) is -0.0139. The minimum atomic E-state index is -0.0139. The van der Waals surface area contributed by atoms with Crippen LogP contribution in [-0.2, 0) is 0 Å². The van der Waals surface area contributed by atoms with Gasteiger partial charge < -0.3 is 0 Å². The van der Waals surface area contributed by atoms with Gasteiger partial charge in [0.25, 0.3) is 0 Å². The van der Waals surface area contributed by atoms with Crippen LogP contribution in [0.15, 0.2) is 30.5 Å². The van der Waals surface area contributed by atoms with Gasteiger partial charge in [0, 0.05) is 5.56 Å². The molecule has 0 atom stereocenters. The Bertz CT molecular complexity index is 434. The van der Waals surface area contributed by atoms with Gasteiger partial charge in [0.2, 0.25) is 5.78 Å². The fourth-order valence-electron chi connectivity index (χ4n) is 1.11. The molecule has 0 bridgehead atoms. The van der Waals surface area contributed by atoms with Crippen LogP contribution in [0, 0.1) is 6.92 Å². The molecule has 0 saturated heterocycles. The van der Waals surface area contributed by atoms with Gasteiger partial charge in [-0.3, -0.25) is 4.79 Å². The quantitative estimate of drug-likeness (QED) is 0.703. The predicted octanol–water partition coefficient (Wildman–Crippen LogP) is 2.08. The lowest BCUT2D eigenvalue weighted by Crippen LogP contribution is -1.97. The summed E-state index contributed by atoms with van der Waals surface area (Å²) in [4.78, 5) is 12.3. The first kappa shape index (κ1) is 9.02. The first-order chi connectivity index (χ1) is 6.77. The first-order valence-corrected chi connectivity index (χ1v) is 4.93. The minimum Gasteiger partial charge on any atom is -0.288 e. The summed E-state index contributed by atoms with van der Waals surface area (Å²) in [7, 11) is 0. The van der Waals surface area contributed by atoms with Crippen molar-refractivity contribution < 1.29 is 4.79 Å².